The second-order valence-electron chi connectivity index (χ2n) is 5.73. The number of esters is 1. The number of benzene rings is 2. The molecule has 0 aliphatic rings. The Morgan fingerprint density at radius 3 is 2.55 bits per heavy atom. The lowest BCUT2D eigenvalue weighted by atomic mass is 10.2. The van der Waals surface area contributed by atoms with E-state index in [9.17, 15) is 22.4 Å². The molecule has 0 saturated heterocycles. The third-order valence-corrected chi connectivity index (χ3v) is 5.34. The first-order valence-corrected chi connectivity index (χ1v) is 10.0. The lowest BCUT2D eigenvalue weighted by Crippen LogP contribution is -2.14. The van der Waals surface area contributed by atoms with Gasteiger partial charge in [-0.2, -0.15) is 0 Å². The summed E-state index contributed by atoms with van der Waals surface area (Å²) in [7, 11) is -3.01. The monoisotopic (exact) mass is 445 g/mol. The van der Waals surface area contributed by atoms with Crippen molar-refractivity contribution in [3.63, 3.8) is 0 Å². The molecular formula is C18H17ClFNO7S. The molecular weight excluding hydrogens is 429 g/mol. The highest BCUT2D eigenvalue weighted by Crippen LogP contribution is 2.26. The van der Waals surface area contributed by atoms with Gasteiger partial charge in [0.2, 0.25) is 0 Å². The number of carboxylic acids is 1. The highest BCUT2D eigenvalue weighted by molar-refractivity contribution is 7.92. The van der Waals surface area contributed by atoms with Crippen LogP contribution in [-0.2, 0) is 19.6 Å². The van der Waals surface area contributed by atoms with Gasteiger partial charge in [-0.3, -0.25) is 9.52 Å². The molecule has 156 valence electrons. The van der Waals surface area contributed by atoms with E-state index in [4.69, 9.17) is 21.4 Å². The van der Waals surface area contributed by atoms with Gasteiger partial charge in [-0.1, -0.05) is 11.6 Å². The Balaban J connectivity index is 2.16. The molecule has 0 amide bonds. The van der Waals surface area contributed by atoms with E-state index in [-0.39, 0.29) is 46.4 Å². The summed E-state index contributed by atoms with van der Waals surface area (Å²) in [5.74, 6) is -2.87. The zero-order valence-corrected chi connectivity index (χ0v) is 16.7. The van der Waals surface area contributed by atoms with Crippen molar-refractivity contribution in [2.24, 2.45) is 0 Å². The first-order valence-electron chi connectivity index (χ1n) is 8.19. The Morgan fingerprint density at radius 1 is 1.21 bits per heavy atom. The van der Waals surface area contributed by atoms with Crippen molar-refractivity contribution in [2.45, 2.75) is 17.7 Å². The zero-order chi connectivity index (χ0) is 21.6. The fourth-order valence-electron chi connectivity index (χ4n) is 2.24. The van der Waals surface area contributed by atoms with Crippen molar-refractivity contribution < 1.29 is 37.0 Å². The van der Waals surface area contributed by atoms with Crippen LogP contribution in [0, 0.1) is 5.82 Å². The minimum absolute atomic E-state index is 0.0317. The fraction of sp³-hybridized carbons (Fsp3) is 0.222. The second-order valence-corrected chi connectivity index (χ2v) is 7.82. The van der Waals surface area contributed by atoms with Crippen LogP contribution in [0.1, 0.15) is 23.2 Å². The smallest absolute Gasteiger partial charge is 0.339 e. The summed E-state index contributed by atoms with van der Waals surface area (Å²) in [6.07, 6.45) is 0.0438. The summed E-state index contributed by atoms with van der Waals surface area (Å²) >= 11 is 5.89. The molecule has 0 heterocycles. The molecule has 2 N–H and O–H groups in total. The van der Waals surface area contributed by atoms with Crippen LogP contribution in [0.15, 0.2) is 41.3 Å². The molecule has 0 saturated carbocycles. The molecule has 0 unspecified atom stereocenters. The van der Waals surface area contributed by atoms with Crippen LogP contribution in [0.2, 0.25) is 5.02 Å². The predicted molar refractivity (Wildman–Crippen MR) is 102 cm³/mol. The molecule has 0 aliphatic carbocycles. The van der Waals surface area contributed by atoms with Gasteiger partial charge in [-0.25, -0.2) is 17.6 Å². The number of aliphatic carboxylic acids is 1. The summed E-state index contributed by atoms with van der Waals surface area (Å²) in [4.78, 5) is 21.7. The van der Waals surface area contributed by atoms with E-state index in [0.29, 0.717) is 0 Å². The number of sulfonamides is 1. The number of carboxylic acid groups (broad SMARTS) is 1. The number of carbonyl (C=O) groups is 2. The number of hydrogen-bond acceptors (Lipinski definition) is 6. The highest BCUT2D eigenvalue weighted by Gasteiger charge is 2.19. The molecule has 2 aromatic carbocycles. The van der Waals surface area contributed by atoms with Crippen molar-refractivity contribution in [3.05, 3.63) is 52.8 Å². The minimum atomic E-state index is -4.17. The molecule has 0 bridgehead atoms. The summed E-state index contributed by atoms with van der Waals surface area (Å²) in [5, 5.41) is 8.63. The molecule has 8 nitrogen and oxygen atoms in total. The zero-order valence-electron chi connectivity index (χ0n) is 15.1. The van der Waals surface area contributed by atoms with Crippen molar-refractivity contribution in [3.8, 4) is 5.75 Å². The van der Waals surface area contributed by atoms with Gasteiger partial charge in [0, 0.05) is 12.1 Å². The van der Waals surface area contributed by atoms with Crippen LogP contribution in [0.3, 0.4) is 0 Å². The van der Waals surface area contributed by atoms with E-state index in [0.717, 1.165) is 25.3 Å². The summed E-state index contributed by atoms with van der Waals surface area (Å²) in [6.45, 7) is -0.0331. The third kappa shape index (κ3) is 6.06. The number of rotatable bonds is 9. The molecule has 0 radical (unpaired) electrons. The van der Waals surface area contributed by atoms with Crippen molar-refractivity contribution in [1.29, 1.82) is 0 Å². The molecule has 0 fully saturated rings. The molecule has 11 heteroatoms. The minimum Gasteiger partial charge on any atom is -0.491 e. The predicted octanol–water partition coefficient (Wildman–Crippen LogP) is 3.31. The maximum absolute atomic E-state index is 14.2. The topological polar surface area (TPSA) is 119 Å². The lowest BCUT2D eigenvalue weighted by Gasteiger charge is -2.12. The largest absolute Gasteiger partial charge is 0.491 e. The molecule has 0 aliphatic heterocycles. The van der Waals surface area contributed by atoms with E-state index >= 15 is 0 Å². The fourth-order valence-corrected chi connectivity index (χ4v) is 3.50. The number of anilines is 1. The van der Waals surface area contributed by atoms with E-state index < -0.39 is 27.8 Å². The average molecular weight is 446 g/mol. The van der Waals surface area contributed by atoms with Gasteiger partial charge in [0.1, 0.15) is 0 Å². The van der Waals surface area contributed by atoms with Crippen LogP contribution in [0.4, 0.5) is 10.1 Å². The molecule has 0 aromatic heterocycles. The maximum Gasteiger partial charge on any atom is 0.339 e. The van der Waals surface area contributed by atoms with E-state index in [2.05, 4.69) is 9.46 Å². The van der Waals surface area contributed by atoms with Gasteiger partial charge in [-0.05, 0) is 42.8 Å². The van der Waals surface area contributed by atoms with Crippen molar-refractivity contribution >= 4 is 39.3 Å². The molecule has 0 atom stereocenters. The molecule has 2 rings (SSSR count). The van der Waals surface area contributed by atoms with Gasteiger partial charge >= 0.3 is 11.9 Å². The molecule has 2 aromatic rings. The molecule has 29 heavy (non-hydrogen) atoms. The van der Waals surface area contributed by atoms with Crippen LogP contribution in [0.25, 0.3) is 0 Å². The first kappa shape index (κ1) is 22.4. The van der Waals surface area contributed by atoms with Gasteiger partial charge in [0.05, 0.1) is 29.2 Å². The van der Waals surface area contributed by atoms with Crippen LogP contribution in [0.5, 0.6) is 5.75 Å². The Kier molecular flexibility index (Phi) is 7.40. The van der Waals surface area contributed by atoms with Crippen molar-refractivity contribution in [1.82, 2.24) is 0 Å². The second kappa shape index (κ2) is 9.57. The van der Waals surface area contributed by atoms with Gasteiger partial charge < -0.3 is 14.6 Å². The normalized spacial score (nSPS) is 11.0. The van der Waals surface area contributed by atoms with Gasteiger partial charge in [0.25, 0.3) is 10.0 Å². The SMILES string of the molecule is COC(=O)c1cc(NS(=O)(=O)c2ccc(OCCCC(=O)O)c(F)c2)ccc1Cl. The number of ether oxygens (including phenoxy) is 2. The Bertz CT molecular complexity index is 1030. The first-order chi connectivity index (χ1) is 13.6. The van der Waals surface area contributed by atoms with Gasteiger partial charge in [0.15, 0.2) is 11.6 Å². The lowest BCUT2D eigenvalue weighted by molar-refractivity contribution is -0.137. The number of hydrogen-bond donors (Lipinski definition) is 2. The van der Waals surface area contributed by atoms with Crippen molar-refractivity contribution in [2.75, 3.05) is 18.4 Å². The summed E-state index contributed by atoms with van der Waals surface area (Å²) in [6, 6.07) is 6.89. The van der Waals surface area contributed by atoms with E-state index in [1.165, 1.54) is 18.2 Å². The van der Waals surface area contributed by atoms with E-state index in [1.807, 2.05) is 0 Å². The standard InChI is InChI=1S/C18H17ClFNO7S/c1-27-18(24)13-9-11(4-6-14(13)19)21-29(25,26)12-5-7-16(15(20)10-12)28-8-2-3-17(22)23/h4-7,9-10,21H,2-3,8H2,1H3,(H,22,23). The van der Waals surface area contributed by atoms with Crippen LogP contribution < -0.4 is 9.46 Å². The summed E-state index contributed by atoms with van der Waals surface area (Å²) in [5.41, 5.74) is -0.00476. The molecule has 0 spiro atoms. The van der Waals surface area contributed by atoms with Crippen LogP contribution in [-0.4, -0.2) is 39.2 Å². The van der Waals surface area contributed by atoms with Crippen LogP contribution >= 0.6 is 11.6 Å². The average Bonchev–Trinajstić information content (AvgIpc) is 2.66. The number of methoxy groups -OCH3 is 1. The summed E-state index contributed by atoms with van der Waals surface area (Å²) < 4.78 is 51.1. The third-order valence-electron chi connectivity index (χ3n) is 3.63. The Labute approximate surface area is 171 Å². The highest BCUT2D eigenvalue weighted by atomic mass is 35.5. The number of carbonyl (C=O) groups excluding carboxylic acids is 1. The maximum atomic E-state index is 14.2. The Morgan fingerprint density at radius 2 is 1.93 bits per heavy atom. The number of halogens is 2. The number of nitrogens with one attached hydrogen (secondary N) is 1. The van der Waals surface area contributed by atoms with Gasteiger partial charge in [-0.15, -0.1) is 0 Å². The van der Waals surface area contributed by atoms with E-state index in [1.54, 1.807) is 0 Å². The Hall–Kier alpha value is -2.85. The quantitative estimate of drug-likeness (QED) is 0.449.